The number of nitrogens with zero attached hydrogens (tertiary/aromatic N) is 5. The highest BCUT2D eigenvalue weighted by atomic mass is 16.2. The van der Waals surface area contributed by atoms with Crippen LogP contribution in [0.3, 0.4) is 0 Å². The Morgan fingerprint density at radius 2 is 2.08 bits per heavy atom. The highest BCUT2D eigenvalue weighted by molar-refractivity contribution is 5.89. The number of carbonyl (C=O) groups excluding carboxylic acids is 1. The molecule has 2 aromatic rings. The van der Waals surface area contributed by atoms with Gasteiger partial charge in [0.2, 0.25) is 0 Å². The number of aromatic amines is 1. The third kappa shape index (κ3) is 4.00. The third-order valence-electron chi connectivity index (χ3n) is 4.55. The molecule has 1 aliphatic rings. The first-order valence-electron chi connectivity index (χ1n) is 8.89. The monoisotopic (exact) mass is 345 g/mol. The number of piperidine rings is 1. The van der Waals surface area contributed by atoms with Crippen LogP contribution in [0.2, 0.25) is 0 Å². The second kappa shape index (κ2) is 6.85. The van der Waals surface area contributed by atoms with Crippen LogP contribution in [-0.2, 0) is 12.0 Å². The number of aryl methyl sites for hydroxylation is 1. The van der Waals surface area contributed by atoms with Gasteiger partial charge in [-0.15, -0.1) is 0 Å². The van der Waals surface area contributed by atoms with Crippen LogP contribution < -0.4 is 5.32 Å². The summed E-state index contributed by atoms with van der Waals surface area (Å²) in [6, 6.07) is -0.0730. The van der Waals surface area contributed by atoms with Gasteiger partial charge in [0, 0.05) is 31.6 Å². The molecule has 0 unspecified atom stereocenters. The van der Waals surface area contributed by atoms with E-state index in [1.165, 1.54) is 0 Å². The predicted molar refractivity (Wildman–Crippen MR) is 95.6 cm³/mol. The first-order chi connectivity index (χ1) is 11.9. The van der Waals surface area contributed by atoms with Crippen molar-refractivity contribution in [3.8, 4) is 0 Å². The number of hydrogen-bond acceptors (Lipinski definition) is 4. The molecule has 8 nitrogen and oxygen atoms in total. The van der Waals surface area contributed by atoms with Crippen molar-refractivity contribution < 1.29 is 4.79 Å². The Hall–Kier alpha value is -2.38. The summed E-state index contributed by atoms with van der Waals surface area (Å²) in [5, 5.41) is 14.5. The smallest absolute Gasteiger partial charge is 0.321 e. The van der Waals surface area contributed by atoms with Crippen molar-refractivity contribution in [3.63, 3.8) is 0 Å². The second-order valence-corrected chi connectivity index (χ2v) is 7.53. The molecular weight excluding hydrogens is 318 g/mol. The van der Waals surface area contributed by atoms with E-state index in [9.17, 15) is 4.79 Å². The van der Waals surface area contributed by atoms with Crippen LogP contribution in [0.1, 0.15) is 58.1 Å². The van der Waals surface area contributed by atoms with Crippen molar-refractivity contribution in [1.29, 1.82) is 0 Å². The summed E-state index contributed by atoms with van der Waals surface area (Å²) in [6.07, 6.45) is 6.18. The Morgan fingerprint density at radius 3 is 2.64 bits per heavy atom. The number of urea groups is 1. The molecule has 1 aliphatic heterocycles. The molecule has 0 aliphatic carbocycles. The minimum Gasteiger partial charge on any atom is -0.324 e. The maximum atomic E-state index is 12.5. The van der Waals surface area contributed by atoms with Gasteiger partial charge >= 0.3 is 6.03 Å². The first kappa shape index (κ1) is 17.4. The molecule has 1 saturated heterocycles. The van der Waals surface area contributed by atoms with Crippen LogP contribution in [0.5, 0.6) is 0 Å². The molecule has 2 N–H and O–H groups in total. The number of hydrogen-bond donors (Lipinski definition) is 2. The highest BCUT2D eigenvalue weighted by Gasteiger charge is 2.26. The lowest BCUT2D eigenvalue weighted by Crippen LogP contribution is -2.40. The van der Waals surface area contributed by atoms with Crippen LogP contribution in [0.25, 0.3) is 0 Å². The second-order valence-electron chi connectivity index (χ2n) is 7.53. The van der Waals surface area contributed by atoms with Gasteiger partial charge in [-0.25, -0.2) is 9.78 Å². The first-order valence-corrected chi connectivity index (χ1v) is 8.89. The molecule has 0 radical (unpaired) electrons. The van der Waals surface area contributed by atoms with Gasteiger partial charge < -0.3 is 10.2 Å². The zero-order valence-corrected chi connectivity index (χ0v) is 15.4. The van der Waals surface area contributed by atoms with Gasteiger partial charge in [0.05, 0.1) is 17.4 Å². The molecule has 2 amide bonds. The zero-order valence-electron chi connectivity index (χ0n) is 15.4. The third-order valence-corrected chi connectivity index (χ3v) is 4.55. The van der Waals surface area contributed by atoms with Gasteiger partial charge in [0.1, 0.15) is 5.82 Å². The van der Waals surface area contributed by atoms with Crippen LogP contribution in [0.4, 0.5) is 10.5 Å². The van der Waals surface area contributed by atoms with Crippen LogP contribution >= 0.6 is 0 Å². The fourth-order valence-electron chi connectivity index (χ4n) is 2.95. The van der Waals surface area contributed by atoms with Crippen molar-refractivity contribution in [3.05, 3.63) is 24.0 Å². The summed E-state index contributed by atoms with van der Waals surface area (Å²) in [6.45, 7) is 9.69. The summed E-state index contributed by atoms with van der Waals surface area (Å²) in [4.78, 5) is 18.8. The summed E-state index contributed by atoms with van der Waals surface area (Å²) in [5.74, 6) is 2.12. The number of likely N-dealkylation sites (tertiary alicyclic amines) is 1. The number of aromatic nitrogens is 5. The van der Waals surface area contributed by atoms with Crippen molar-refractivity contribution in [1.82, 2.24) is 29.9 Å². The Balaban J connectivity index is 1.54. The van der Waals surface area contributed by atoms with Crippen molar-refractivity contribution in [2.45, 2.75) is 58.4 Å². The number of H-pyrrole nitrogens is 1. The molecule has 25 heavy (non-hydrogen) atoms. The Kier molecular flexibility index (Phi) is 4.78. The number of anilines is 1. The lowest BCUT2D eigenvalue weighted by atomic mass is 9.96. The van der Waals surface area contributed by atoms with Crippen LogP contribution in [0, 0.1) is 0 Å². The molecule has 1 fully saturated rings. The molecule has 3 rings (SSSR count). The molecule has 0 bridgehead atoms. The molecule has 3 heterocycles. The van der Waals surface area contributed by atoms with Gasteiger partial charge in [-0.2, -0.15) is 10.2 Å². The van der Waals surface area contributed by atoms with Gasteiger partial charge in [-0.05, 0) is 33.6 Å². The normalized spacial score (nSPS) is 16.2. The van der Waals surface area contributed by atoms with Crippen LogP contribution in [-0.4, -0.2) is 49.0 Å². The predicted octanol–water partition coefficient (Wildman–Crippen LogP) is 2.73. The molecule has 0 atom stereocenters. The molecule has 136 valence electrons. The van der Waals surface area contributed by atoms with Crippen LogP contribution in [0.15, 0.2) is 12.4 Å². The van der Waals surface area contributed by atoms with Gasteiger partial charge in [-0.3, -0.25) is 9.78 Å². The topological polar surface area (TPSA) is 91.7 Å². The maximum absolute atomic E-state index is 12.5. The van der Waals surface area contributed by atoms with E-state index >= 15 is 0 Å². The van der Waals surface area contributed by atoms with Gasteiger partial charge in [-0.1, -0.05) is 6.92 Å². The molecule has 8 heteroatoms. The summed E-state index contributed by atoms with van der Waals surface area (Å²) >= 11 is 0. The van der Waals surface area contributed by atoms with E-state index < -0.39 is 0 Å². The Labute approximate surface area is 148 Å². The number of rotatable bonds is 3. The minimum atomic E-state index is -0.102. The standard InChI is InChI=1S/C17H27N7O/c1-5-14-20-15(22-21-14)12-6-8-23(9-7-12)16(25)19-13-10-18-24(11-13)17(2,3)4/h10-12H,5-9H2,1-4H3,(H,19,25)(H,20,21,22). The Bertz CT molecular complexity index is 719. The maximum Gasteiger partial charge on any atom is 0.321 e. The van der Waals surface area contributed by atoms with Crippen molar-refractivity contribution >= 4 is 11.7 Å². The average molecular weight is 345 g/mol. The summed E-state index contributed by atoms with van der Waals surface area (Å²) in [5.41, 5.74) is 0.624. The van der Waals surface area contributed by atoms with E-state index in [0.29, 0.717) is 19.0 Å². The van der Waals surface area contributed by atoms with Crippen molar-refractivity contribution in [2.24, 2.45) is 0 Å². The largest absolute Gasteiger partial charge is 0.324 e. The quantitative estimate of drug-likeness (QED) is 0.895. The zero-order chi connectivity index (χ0) is 18.0. The number of carbonyl (C=O) groups is 1. The molecule has 2 aromatic heterocycles. The minimum absolute atomic E-state index is 0.0730. The van der Waals surface area contributed by atoms with E-state index in [2.05, 4.69) is 53.3 Å². The van der Waals surface area contributed by atoms with E-state index in [0.717, 1.165) is 36.6 Å². The SMILES string of the molecule is CCc1nc(C2CCN(C(=O)Nc3cnn(C(C)(C)C)c3)CC2)n[nH]1. The van der Waals surface area contributed by atoms with E-state index in [-0.39, 0.29) is 11.6 Å². The average Bonchev–Trinajstić information content (AvgIpc) is 3.23. The molecule has 0 saturated carbocycles. The molecular formula is C17H27N7O. The van der Waals surface area contributed by atoms with E-state index in [4.69, 9.17) is 0 Å². The van der Waals surface area contributed by atoms with Gasteiger partial charge in [0.25, 0.3) is 0 Å². The number of amides is 2. The van der Waals surface area contributed by atoms with Gasteiger partial charge in [0.15, 0.2) is 5.82 Å². The Morgan fingerprint density at radius 1 is 1.36 bits per heavy atom. The number of nitrogens with one attached hydrogen (secondary N) is 2. The summed E-state index contributed by atoms with van der Waals surface area (Å²) in [7, 11) is 0. The molecule has 0 spiro atoms. The highest BCUT2D eigenvalue weighted by Crippen LogP contribution is 2.26. The van der Waals surface area contributed by atoms with E-state index in [1.54, 1.807) is 6.20 Å². The summed E-state index contributed by atoms with van der Waals surface area (Å²) < 4.78 is 1.85. The lowest BCUT2D eigenvalue weighted by Gasteiger charge is -2.30. The fraction of sp³-hybridized carbons (Fsp3) is 0.647. The van der Waals surface area contributed by atoms with E-state index in [1.807, 2.05) is 15.8 Å². The lowest BCUT2D eigenvalue weighted by molar-refractivity contribution is 0.193. The fourth-order valence-corrected chi connectivity index (χ4v) is 2.95. The molecule has 0 aromatic carbocycles. The van der Waals surface area contributed by atoms with Crippen molar-refractivity contribution in [2.75, 3.05) is 18.4 Å².